The third-order valence-electron chi connectivity index (χ3n) is 2.90. The van der Waals surface area contributed by atoms with E-state index in [2.05, 4.69) is 25.9 Å². The summed E-state index contributed by atoms with van der Waals surface area (Å²) in [5.74, 6) is 0. The van der Waals surface area contributed by atoms with Crippen LogP contribution in [0, 0.1) is 0 Å². The van der Waals surface area contributed by atoms with Crippen LogP contribution in [-0.2, 0) is 6.42 Å². The molecule has 19 heavy (non-hydrogen) atoms. The zero-order valence-electron chi connectivity index (χ0n) is 9.95. The van der Waals surface area contributed by atoms with Crippen molar-refractivity contribution in [3.8, 4) is 0 Å². The third-order valence-corrected chi connectivity index (χ3v) is 4.34. The molecule has 2 aromatic heterocycles. The highest BCUT2D eigenvalue weighted by Gasteiger charge is 2.15. The van der Waals surface area contributed by atoms with Crippen molar-refractivity contribution < 1.29 is 5.11 Å². The lowest BCUT2D eigenvalue weighted by Crippen LogP contribution is -2.04. The van der Waals surface area contributed by atoms with Crippen LogP contribution in [0.2, 0.25) is 0 Å². The number of aromatic nitrogens is 2. The minimum atomic E-state index is -0.626. The molecular formula is C14H11BrN2OS. The van der Waals surface area contributed by atoms with Gasteiger partial charge in [0, 0.05) is 27.4 Å². The predicted molar refractivity (Wildman–Crippen MR) is 80.2 cm³/mol. The van der Waals surface area contributed by atoms with Crippen LogP contribution in [0.3, 0.4) is 0 Å². The van der Waals surface area contributed by atoms with Gasteiger partial charge in [0.2, 0.25) is 0 Å². The maximum atomic E-state index is 10.3. The van der Waals surface area contributed by atoms with Crippen LogP contribution in [-0.4, -0.2) is 15.1 Å². The Bertz CT molecular complexity index is 700. The van der Waals surface area contributed by atoms with Gasteiger partial charge < -0.3 is 5.11 Å². The second-order valence-electron chi connectivity index (χ2n) is 4.24. The maximum Gasteiger partial charge on any atom is 0.102 e. The molecule has 0 bridgehead atoms. The van der Waals surface area contributed by atoms with Gasteiger partial charge >= 0.3 is 0 Å². The van der Waals surface area contributed by atoms with E-state index >= 15 is 0 Å². The second-order valence-corrected chi connectivity index (χ2v) is 6.06. The van der Waals surface area contributed by atoms with Crippen LogP contribution in [0.5, 0.6) is 0 Å². The van der Waals surface area contributed by atoms with Gasteiger partial charge in [-0.2, -0.15) is 0 Å². The van der Waals surface area contributed by atoms with Gasteiger partial charge in [-0.1, -0.05) is 18.2 Å². The van der Waals surface area contributed by atoms with Crippen LogP contribution >= 0.6 is 27.3 Å². The number of benzene rings is 1. The number of fused-ring (bicyclic) bond motifs is 1. The minimum Gasteiger partial charge on any atom is -0.386 e. The number of hydrogen-bond donors (Lipinski definition) is 1. The van der Waals surface area contributed by atoms with Crippen molar-refractivity contribution in [2.75, 3.05) is 0 Å². The maximum absolute atomic E-state index is 10.3. The van der Waals surface area contributed by atoms with Gasteiger partial charge in [-0.05, 0) is 28.1 Å². The van der Waals surface area contributed by atoms with E-state index in [0.717, 1.165) is 20.3 Å². The van der Waals surface area contributed by atoms with Crippen molar-refractivity contribution in [1.29, 1.82) is 0 Å². The third kappa shape index (κ3) is 2.68. The fraction of sp³-hybridized carbons (Fsp3) is 0.143. The van der Waals surface area contributed by atoms with E-state index in [0.29, 0.717) is 12.1 Å². The molecule has 1 aromatic carbocycles. The Morgan fingerprint density at radius 1 is 1.32 bits per heavy atom. The SMILES string of the molecule is OC(Cc1cncs1)c1nc2ccccc2cc1Br. The molecule has 2 heterocycles. The number of aliphatic hydroxyl groups excluding tert-OH is 1. The van der Waals surface area contributed by atoms with Crippen molar-refractivity contribution in [2.24, 2.45) is 0 Å². The molecule has 0 amide bonds. The first-order chi connectivity index (χ1) is 9.24. The van der Waals surface area contributed by atoms with Gasteiger partial charge in [-0.15, -0.1) is 11.3 Å². The molecular weight excluding hydrogens is 324 g/mol. The molecule has 0 spiro atoms. The van der Waals surface area contributed by atoms with E-state index in [-0.39, 0.29) is 0 Å². The standard InChI is InChI=1S/C14H11BrN2OS/c15-11-5-9-3-1-2-4-12(9)17-14(11)13(18)6-10-7-16-8-19-10/h1-5,7-8,13,18H,6H2. The molecule has 1 unspecified atom stereocenters. The first-order valence-electron chi connectivity index (χ1n) is 5.84. The van der Waals surface area contributed by atoms with Crippen LogP contribution in [0.25, 0.3) is 10.9 Å². The molecule has 1 atom stereocenters. The lowest BCUT2D eigenvalue weighted by atomic mass is 10.1. The first-order valence-corrected chi connectivity index (χ1v) is 7.52. The summed E-state index contributed by atoms with van der Waals surface area (Å²) in [5.41, 5.74) is 3.33. The minimum absolute atomic E-state index is 0.536. The highest BCUT2D eigenvalue weighted by atomic mass is 79.9. The highest BCUT2D eigenvalue weighted by Crippen LogP contribution is 2.28. The normalized spacial score (nSPS) is 12.7. The molecule has 0 aliphatic heterocycles. The molecule has 3 nitrogen and oxygen atoms in total. The van der Waals surface area contributed by atoms with Gasteiger partial charge in [0.25, 0.3) is 0 Å². The number of nitrogens with zero attached hydrogens (tertiary/aromatic N) is 2. The van der Waals surface area contributed by atoms with E-state index in [1.54, 1.807) is 23.0 Å². The Labute approximate surface area is 123 Å². The number of rotatable bonds is 3. The summed E-state index contributed by atoms with van der Waals surface area (Å²) < 4.78 is 0.836. The summed E-state index contributed by atoms with van der Waals surface area (Å²) in [6.45, 7) is 0. The summed E-state index contributed by atoms with van der Waals surface area (Å²) in [6.07, 6.45) is 1.69. The molecule has 0 saturated heterocycles. The average Bonchev–Trinajstić information content (AvgIpc) is 2.90. The average molecular weight is 335 g/mol. The lowest BCUT2D eigenvalue weighted by Gasteiger charge is -2.12. The summed E-state index contributed by atoms with van der Waals surface area (Å²) in [6, 6.07) is 9.87. The summed E-state index contributed by atoms with van der Waals surface area (Å²) >= 11 is 5.03. The topological polar surface area (TPSA) is 46.0 Å². The number of hydrogen-bond acceptors (Lipinski definition) is 4. The summed E-state index contributed by atoms with van der Waals surface area (Å²) in [5, 5.41) is 11.4. The monoisotopic (exact) mass is 334 g/mol. The fourth-order valence-corrected chi connectivity index (χ4v) is 3.20. The Kier molecular flexibility index (Phi) is 3.59. The largest absolute Gasteiger partial charge is 0.386 e. The van der Waals surface area contributed by atoms with Crippen LogP contribution in [0.1, 0.15) is 16.7 Å². The first kappa shape index (κ1) is 12.7. The van der Waals surface area contributed by atoms with Gasteiger partial charge in [0.15, 0.2) is 0 Å². The van der Waals surface area contributed by atoms with Crippen molar-refractivity contribution >= 4 is 38.2 Å². The fourth-order valence-electron chi connectivity index (χ4n) is 1.97. The Balaban J connectivity index is 1.97. The van der Waals surface area contributed by atoms with Crippen molar-refractivity contribution in [1.82, 2.24) is 9.97 Å². The smallest absolute Gasteiger partial charge is 0.102 e. The lowest BCUT2D eigenvalue weighted by molar-refractivity contribution is 0.174. The predicted octanol–water partition coefficient (Wildman–Crippen LogP) is 3.73. The summed E-state index contributed by atoms with van der Waals surface area (Å²) in [4.78, 5) is 9.61. The zero-order valence-corrected chi connectivity index (χ0v) is 12.4. The Morgan fingerprint density at radius 2 is 2.16 bits per heavy atom. The number of pyridine rings is 1. The number of aliphatic hydroxyl groups is 1. The summed E-state index contributed by atoms with van der Waals surface area (Å²) in [7, 11) is 0. The number of para-hydroxylation sites is 1. The Hall–Kier alpha value is -1.30. The van der Waals surface area contributed by atoms with Crippen LogP contribution in [0.15, 0.2) is 46.5 Å². The number of thiazole rings is 1. The molecule has 0 aliphatic rings. The molecule has 5 heteroatoms. The van der Waals surface area contributed by atoms with Crippen molar-refractivity contribution in [3.05, 3.63) is 57.1 Å². The van der Waals surface area contributed by atoms with Gasteiger partial charge in [-0.25, -0.2) is 4.98 Å². The zero-order chi connectivity index (χ0) is 13.2. The van der Waals surface area contributed by atoms with Crippen molar-refractivity contribution in [3.63, 3.8) is 0 Å². The van der Waals surface area contributed by atoms with Crippen molar-refractivity contribution in [2.45, 2.75) is 12.5 Å². The molecule has 3 rings (SSSR count). The van der Waals surface area contributed by atoms with Gasteiger partial charge in [-0.3, -0.25) is 4.98 Å². The highest BCUT2D eigenvalue weighted by molar-refractivity contribution is 9.10. The molecule has 0 radical (unpaired) electrons. The van der Waals surface area contributed by atoms with E-state index < -0.39 is 6.10 Å². The van der Waals surface area contributed by atoms with Crippen LogP contribution < -0.4 is 0 Å². The molecule has 3 aromatic rings. The van der Waals surface area contributed by atoms with E-state index in [9.17, 15) is 5.11 Å². The van der Waals surface area contributed by atoms with E-state index in [1.165, 1.54) is 0 Å². The second kappa shape index (κ2) is 5.36. The van der Waals surface area contributed by atoms with E-state index in [4.69, 9.17) is 0 Å². The van der Waals surface area contributed by atoms with E-state index in [1.807, 2.05) is 30.3 Å². The molecule has 96 valence electrons. The molecule has 0 fully saturated rings. The Morgan fingerprint density at radius 3 is 2.95 bits per heavy atom. The van der Waals surface area contributed by atoms with Crippen LogP contribution in [0.4, 0.5) is 0 Å². The van der Waals surface area contributed by atoms with Gasteiger partial charge in [0.1, 0.15) is 6.10 Å². The number of halogens is 1. The molecule has 1 N–H and O–H groups in total. The van der Waals surface area contributed by atoms with Gasteiger partial charge in [0.05, 0.1) is 16.7 Å². The quantitative estimate of drug-likeness (QED) is 0.793. The molecule has 0 saturated carbocycles. The molecule has 0 aliphatic carbocycles.